The van der Waals surface area contributed by atoms with Crippen molar-refractivity contribution in [2.45, 2.75) is 26.4 Å². The molecule has 0 aromatic heterocycles. The van der Waals surface area contributed by atoms with Crippen LogP contribution in [0.1, 0.15) is 20.3 Å². The number of cyclic esters (lactones) is 1. The number of rotatable bonds is 2. The van der Waals surface area contributed by atoms with Crippen LogP contribution in [0.5, 0.6) is 0 Å². The standard InChI is InChI=1S/C8H13NO2/c1-3-9-5-7-4-6(2)11-8(7)10/h5-6,9H,3-4H2,1-2H3/b7-5-. The van der Waals surface area contributed by atoms with Gasteiger partial charge in [-0.25, -0.2) is 4.79 Å². The zero-order valence-electron chi connectivity index (χ0n) is 6.89. The maximum Gasteiger partial charge on any atom is 0.335 e. The third-order valence-electron chi connectivity index (χ3n) is 1.56. The number of esters is 1. The zero-order chi connectivity index (χ0) is 8.27. The van der Waals surface area contributed by atoms with Crippen LogP contribution in [-0.2, 0) is 9.53 Å². The Morgan fingerprint density at radius 3 is 3.00 bits per heavy atom. The van der Waals surface area contributed by atoms with Crippen molar-refractivity contribution in [3.05, 3.63) is 11.8 Å². The molecule has 11 heavy (non-hydrogen) atoms. The van der Waals surface area contributed by atoms with Crippen LogP contribution in [-0.4, -0.2) is 18.6 Å². The fraction of sp³-hybridized carbons (Fsp3) is 0.625. The number of nitrogens with one attached hydrogen (secondary N) is 1. The van der Waals surface area contributed by atoms with Crippen molar-refractivity contribution >= 4 is 5.97 Å². The van der Waals surface area contributed by atoms with Gasteiger partial charge in [0, 0.05) is 19.2 Å². The van der Waals surface area contributed by atoms with Crippen molar-refractivity contribution in [2.24, 2.45) is 0 Å². The Balaban J connectivity index is 2.52. The summed E-state index contributed by atoms with van der Waals surface area (Å²) in [5, 5.41) is 2.98. The van der Waals surface area contributed by atoms with E-state index in [9.17, 15) is 4.79 Å². The van der Waals surface area contributed by atoms with Crippen molar-refractivity contribution in [1.29, 1.82) is 0 Å². The lowest BCUT2D eigenvalue weighted by Crippen LogP contribution is -2.06. The summed E-state index contributed by atoms with van der Waals surface area (Å²) in [6.07, 6.45) is 2.52. The van der Waals surface area contributed by atoms with E-state index >= 15 is 0 Å². The minimum atomic E-state index is -0.182. The minimum absolute atomic E-state index is 0.0485. The number of ether oxygens (including phenoxy) is 1. The first-order valence-electron chi connectivity index (χ1n) is 3.87. The van der Waals surface area contributed by atoms with E-state index in [0.717, 1.165) is 18.5 Å². The SMILES string of the molecule is CCN/C=C1/CC(C)OC1=O. The second-order valence-electron chi connectivity index (χ2n) is 2.65. The highest BCUT2D eigenvalue weighted by molar-refractivity contribution is 5.90. The molecule has 1 fully saturated rings. The van der Waals surface area contributed by atoms with Crippen LogP contribution >= 0.6 is 0 Å². The fourth-order valence-corrected chi connectivity index (χ4v) is 1.04. The van der Waals surface area contributed by atoms with Crippen LogP contribution in [0, 0.1) is 0 Å². The molecule has 0 aromatic rings. The Hall–Kier alpha value is -0.990. The summed E-state index contributed by atoms with van der Waals surface area (Å²) in [5.74, 6) is -0.182. The van der Waals surface area contributed by atoms with Crippen molar-refractivity contribution in [3.63, 3.8) is 0 Å². The predicted octanol–water partition coefficient (Wildman–Crippen LogP) is 0.815. The summed E-state index contributed by atoms with van der Waals surface area (Å²) in [7, 11) is 0. The predicted molar refractivity (Wildman–Crippen MR) is 41.9 cm³/mol. The second kappa shape index (κ2) is 3.42. The Morgan fingerprint density at radius 2 is 2.55 bits per heavy atom. The van der Waals surface area contributed by atoms with E-state index in [-0.39, 0.29) is 12.1 Å². The topological polar surface area (TPSA) is 38.3 Å². The summed E-state index contributed by atoms with van der Waals surface area (Å²) >= 11 is 0. The van der Waals surface area contributed by atoms with Gasteiger partial charge in [-0.1, -0.05) is 0 Å². The van der Waals surface area contributed by atoms with Gasteiger partial charge in [-0.15, -0.1) is 0 Å². The summed E-state index contributed by atoms with van der Waals surface area (Å²) in [6.45, 7) is 4.72. The Bertz CT molecular complexity index is 187. The molecule has 1 saturated heterocycles. The van der Waals surface area contributed by atoms with Gasteiger partial charge in [-0.2, -0.15) is 0 Å². The van der Waals surface area contributed by atoms with Gasteiger partial charge in [0.1, 0.15) is 6.10 Å². The van der Waals surface area contributed by atoms with E-state index in [0.29, 0.717) is 0 Å². The van der Waals surface area contributed by atoms with Gasteiger partial charge in [-0.3, -0.25) is 0 Å². The van der Waals surface area contributed by atoms with Gasteiger partial charge in [0.2, 0.25) is 0 Å². The van der Waals surface area contributed by atoms with Crippen LogP contribution in [0.4, 0.5) is 0 Å². The Labute approximate surface area is 66.4 Å². The van der Waals surface area contributed by atoms with Gasteiger partial charge >= 0.3 is 5.97 Å². The molecule has 0 spiro atoms. The van der Waals surface area contributed by atoms with Crippen molar-refractivity contribution in [1.82, 2.24) is 5.32 Å². The molecule has 62 valence electrons. The minimum Gasteiger partial charge on any atom is -0.459 e. The second-order valence-corrected chi connectivity index (χ2v) is 2.65. The molecule has 3 nitrogen and oxygen atoms in total. The highest BCUT2D eigenvalue weighted by atomic mass is 16.5. The Kier molecular flexibility index (Phi) is 2.52. The molecule has 0 aliphatic carbocycles. The highest BCUT2D eigenvalue weighted by Crippen LogP contribution is 2.18. The van der Waals surface area contributed by atoms with E-state index in [1.54, 1.807) is 6.20 Å². The van der Waals surface area contributed by atoms with Crippen LogP contribution in [0.2, 0.25) is 0 Å². The van der Waals surface area contributed by atoms with Crippen molar-refractivity contribution < 1.29 is 9.53 Å². The molecule has 1 aliphatic heterocycles. The molecule has 0 radical (unpaired) electrons. The van der Waals surface area contributed by atoms with Gasteiger partial charge in [0.25, 0.3) is 0 Å². The van der Waals surface area contributed by atoms with Crippen molar-refractivity contribution in [3.8, 4) is 0 Å². The number of carbonyl (C=O) groups excluding carboxylic acids is 1. The molecule has 0 amide bonds. The lowest BCUT2D eigenvalue weighted by atomic mass is 10.2. The van der Waals surface area contributed by atoms with Crippen molar-refractivity contribution in [2.75, 3.05) is 6.54 Å². The van der Waals surface area contributed by atoms with Gasteiger partial charge < -0.3 is 10.1 Å². The van der Waals surface area contributed by atoms with Crippen LogP contribution in [0.3, 0.4) is 0 Å². The Morgan fingerprint density at radius 1 is 1.82 bits per heavy atom. The molecule has 1 unspecified atom stereocenters. The third-order valence-corrected chi connectivity index (χ3v) is 1.56. The molecule has 0 saturated carbocycles. The molecular formula is C8H13NO2. The molecular weight excluding hydrogens is 142 g/mol. The summed E-state index contributed by atoms with van der Waals surface area (Å²) < 4.78 is 4.92. The maximum absolute atomic E-state index is 11.0. The number of hydrogen-bond donors (Lipinski definition) is 1. The van der Waals surface area contributed by atoms with Crippen LogP contribution in [0.25, 0.3) is 0 Å². The molecule has 1 aliphatic rings. The number of hydrogen-bond acceptors (Lipinski definition) is 3. The van der Waals surface area contributed by atoms with E-state index in [1.807, 2.05) is 13.8 Å². The summed E-state index contributed by atoms with van der Waals surface area (Å²) in [4.78, 5) is 11.0. The van der Waals surface area contributed by atoms with E-state index in [4.69, 9.17) is 4.74 Å². The average Bonchev–Trinajstić information content (AvgIpc) is 2.26. The molecule has 1 N–H and O–H groups in total. The largest absolute Gasteiger partial charge is 0.459 e. The first kappa shape index (κ1) is 8.11. The van der Waals surface area contributed by atoms with E-state index in [1.165, 1.54) is 0 Å². The van der Waals surface area contributed by atoms with Gasteiger partial charge in [0.05, 0.1) is 5.57 Å². The molecule has 1 heterocycles. The average molecular weight is 155 g/mol. The molecule has 1 atom stereocenters. The summed E-state index contributed by atoms with van der Waals surface area (Å²) in [5.41, 5.74) is 0.749. The quantitative estimate of drug-likeness (QED) is 0.474. The zero-order valence-corrected chi connectivity index (χ0v) is 6.89. The number of carbonyl (C=O) groups is 1. The van der Waals surface area contributed by atoms with Gasteiger partial charge in [0.15, 0.2) is 0 Å². The monoisotopic (exact) mass is 155 g/mol. The van der Waals surface area contributed by atoms with E-state index < -0.39 is 0 Å². The van der Waals surface area contributed by atoms with Gasteiger partial charge in [-0.05, 0) is 13.8 Å². The normalized spacial score (nSPS) is 27.3. The highest BCUT2D eigenvalue weighted by Gasteiger charge is 2.24. The lowest BCUT2D eigenvalue weighted by Gasteiger charge is -1.94. The first-order valence-corrected chi connectivity index (χ1v) is 3.87. The first-order chi connectivity index (χ1) is 5.24. The smallest absolute Gasteiger partial charge is 0.335 e. The molecule has 1 rings (SSSR count). The van der Waals surface area contributed by atoms with Crippen LogP contribution < -0.4 is 5.32 Å². The molecule has 0 aromatic carbocycles. The molecule has 0 bridgehead atoms. The maximum atomic E-state index is 11.0. The summed E-state index contributed by atoms with van der Waals surface area (Å²) in [6, 6.07) is 0. The fourth-order valence-electron chi connectivity index (χ4n) is 1.04. The lowest BCUT2D eigenvalue weighted by molar-refractivity contribution is -0.138. The third kappa shape index (κ3) is 1.97. The van der Waals surface area contributed by atoms with E-state index in [2.05, 4.69) is 5.32 Å². The van der Waals surface area contributed by atoms with Crippen LogP contribution in [0.15, 0.2) is 11.8 Å². The molecule has 3 heteroatoms.